The van der Waals surface area contributed by atoms with Gasteiger partial charge in [-0.25, -0.2) is 9.36 Å². The summed E-state index contributed by atoms with van der Waals surface area (Å²) in [5.74, 6) is 0. The maximum absolute atomic E-state index is 5.94. The maximum atomic E-state index is 5.94. The molecule has 0 saturated carbocycles. The highest BCUT2D eigenvalue weighted by Crippen LogP contribution is 2.27. The van der Waals surface area contributed by atoms with Crippen molar-refractivity contribution in [2.45, 2.75) is 60.2 Å². The van der Waals surface area contributed by atoms with E-state index in [1.165, 1.54) is 0 Å². The summed E-state index contributed by atoms with van der Waals surface area (Å²) in [5.41, 5.74) is 0.162. The largest absolute Gasteiger partial charge is 0.379 e. The van der Waals surface area contributed by atoms with Crippen molar-refractivity contribution < 1.29 is 9.47 Å². The van der Waals surface area contributed by atoms with Gasteiger partial charge in [-0.05, 0) is 44.5 Å². The van der Waals surface area contributed by atoms with Crippen molar-refractivity contribution in [1.82, 2.24) is 40.4 Å². The van der Waals surface area contributed by atoms with E-state index in [9.17, 15) is 0 Å². The van der Waals surface area contributed by atoms with Gasteiger partial charge in [0.2, 0.25) is 0 Å². The van der Waals surface area contributed by atoms with Crippen LogP contribution in [0.5, 0.6) is 0 Å². The summed E-state index contributed by atoms with van der Waals surface area (Å²) in [4.78, 5) is 0. The molecule has 10 nitrogen and oxygen atoms in total. The molecular formula is C16H30N8O2. The van der Waals surface area contributed by atoms with E-state index in [1.807, 2.05) is 0 Å². The fourth-order valence-corrected chi connectivity index (χ4v) is 2.52. The van der Waals surface area contributed by atoms with E-state index in [-0.39, 0.29) is 17.1 Å². The van der Waals surface area contributed by atoms with Gasteiger partial charge in [-0.15, -0.1) is 10.2 Å². The summed E-state index contributed by atoms with van der Waals surface area (Å²) in [6.07, 6.45) is 4.75. The van der Waals surface area contributed by atoms with Crippen LogP contribution in [0, 0.1) is 10.8 Å². The van der Waals surface area contributed by atoms with E-state index in [1.54, 1.807) is 22.0 Å². The zero-order valence-corrected chi connectivity index (χ0v) is 16.4. The number of rotatable bonds is 11. The van der Waals surface area contributed by atoms with Crippen LogP contribution in [-0.2, 0) is 16.0 Å². The van der Waals surface area contributed by atoms with Gasteiger partial charge in [0, 0.05) is 13.2 Å². The Balaban J connectivity index is 1.66. The summed E-state index contributed by atoms with van der Waals surface area (Å²) < 4.78 is 15.1. The Morgan fingerprint density at radius 1 is 0.923 bits per heavy atom. The fraction of sp³-hybridized carbons (Fsp3) is 0.875. The molecule has 0 radical (unpaired) electrons. The Labute approximate surface area is 154 Å². The summed E-state index contributed by atoms with van der Waals surface area (Å²) >= 11 is 0. The molecule has 0 saturated heterocycles. The molecule has 0 aromatic carbocycles. The molecule has 2 heterocycles. The van der Waals surface area contributed by atoms with Crippen LogP contribution in [0.25, 0.3) is 0 Å². The Bertz CT molecular complexity index is 607. The first-order chi connectivity index (χ1) is 12.3. The molecule has 0 aliphatic carbocycles. The first-order valence-corrected chi connectivity index (χ1v) is 8.88. The first-order valence-electron chi connectivity index (χ1n) is 8.88. The summed E-state index contributed by atoms with van der Waals surface area (Å²) in [7, 11) is 0. The van der Waals surface area contributed by atoms with Gasteiger partial charge in [-0.2, -0.15) is 0 Å². The lowest BCUT2D eigenvalue weighted by Crippen LogP contribution is -2.24. The van der Waals surface area contributed by atoms with E-state index >= 15 is 0 Å². The molecule has 2 aromatic heterocycles. The predicted octanol–water partition coefficient (Wildman–Crippen LogP) is 1.74. The summed E-state index contributed by atoms with van der Waals surface area (Å²) in [6, 6.07) is 0. The lowest BCUT2D eigenvalue weighted by molar-refractivity contribution is -0.0577. The molecule has 2 rings (SSSR count). The van der Waals surface area contributed by atoms with Crippen molar-refractivity contribution in [2.24, 2.45) is 10.8 Å². The number of ether oxygens (including phenoxy) is 2. The van der Waals surface area contributed by atoms with Gasteiger partial charge in [-0.3, -0.25) is 0 Å². The molecule has 0 N–H and O–H groups in total. The lowest BCUT2D eigenvalue weighted by atomic mass is 9.90. The fourth-order valence-electron chi connectivity index (χ4n) is 2.52. The Morgan fingerprint density at radius 2 is 1.65 bits per heavy atom. The van der Waals surface area contributed by atoms with Gasteiger partial charge in [0.1, 0.15) is 12.7 Å². The standard InChI is InChI=1S/C16H30N8O2/c1-15(2,3)10-14(24-13-18-20-22-24)26-9-8-25-7-6-16(4,5)11-23-12-17-19-21-23/h12-14H,6-11H2,1-5H3. The Hall–Kier alpha value is -1.94. The van der Waals surface area contributed by atoms with E-state index in [0.717, 1.165) is 19.4 Å². The normalized spacial score (nSPS) is 13.9. The molecule has 0 spiro atoms. The molecule has 0 bridgehead atoms. The smallest absolute Gasteiger partial charge is 0.154 e. The van der Waals surface area contributed by atoms with E-state index in [2.05, 4.69) is 65.7 Å². The zero-order chi connectivity index (χ0) is 19.0. The van der Waals surface area contributed by atoms with Crippen molar-refractivity contribution in [1.29, 1.82) is 0 Å². The average molecular weight is 366 g/mol. The van der Waals surface area contributed by atoms with E-state index in [0.29, 0.717) is 19.8 Å². The van der Waals surface area contributed by atoms with Gasteiger partial charge in [0.25, 0.3) is 0 Å². The van der Waals surface area contributed by atoms with E-state index < -0.39 is 0 Å². The third-order valence-electron chi connectivity index (χ3n) is 3.89. The average Bonchev–Trinajstić information content (AvgIpc) is 3.21. The SMILES string of the molecule is CC(C)(C)CC(OCCOCCC(C)(C)Cn1cnnn1)n1cnnn1. The third kappa shape index (κ3) is 7.52. The van der Waals surface area contributed by atoms with Crippen molar-refractivity contribution in [3.63, 3.8) is 0 Å². The molecule has 146 valence electrons. The van der Waals surface area contributed by atoms with Crippen LogP contribution in [0.4, 0.5) is 0 Å². The number of aromatic nitrogens is 8. The topological polar surface area (TPSA) is 106 Å². The van der Waals surface area contributed by atoms with Crippen LogP contribution >= 0.6 is 0 Å². The lowest BCUT2D eigenvalue weighted by Gasteiger charge is -2.26. The van der Waals surface area contributed by atoms with Crippen LogP contribution in [0.15, 0.2) is 12.7 Å². The highest BCUT2D eigenvalue weighted by Gasteiger charge is 2.22. The highest BCUT2D eigenvalue weighted by atomic mass is 16.5. The van der Waals surface area contributed by atoms with Crippen LogP contribution < -0.4 is 0 Å². The predicted molar refractivity (Wildman–Crippen MR) is 93.9 cm³/mol. The third-order valence-corrected chi connectivity index (χ3v) is 3.89. The van der Waals surface area contributed by atoms with Gasteiger partial charge in [0.05, 0.1) is 13.2 Å². The van der Waals surface area contributed by atoms with Gasteiger partial charge < -0.3 is 9.47 Å². The van der Waals surface area contributed by atoms with Crippen LogP contribution in [0.3, 0.4) is 0 Å². The molecule has 0 aliphatic heterocycles. The molecule has 1 unspecified atom stereocenters. The van der Waals surface area contributed by atoms with Crippen molar-refractivity contribution in [3.8, 4) is 0 Å². The quantitative estimate of drug-likeness (QED) is 0.554. The molecule has 1 atom stereocenters. The second-order valence-corrected chi connectivity index (χ2v) is 8.41. The van der Waals surface area contributed by atoms with Crippen LogP contribution in [0.2, 0.25) is 0 Å². The minimum Gasteiger partial charge on any atom is -0.379 e. The number of nitrogens with zero attached hydrogens (tertiary/aromatic N) is 8. The number of hydrogen-bond acceptors (Lipinski definition) is 8. The molecule has 0 fully saturated rings. The van der Waals surface area contributed by atoms with Gasteiger partial charge in [0.15, 0.2) is 6.23 Å². The summed E-state index contributed by atoms with van der Waals surface area (Å²) in [5, 5.41) is 22.6. The monoisotopic (exact) mass is 366 g/mol. The maximum Gasteiger partial charge on any atom is 0.154 e. The molecule has 0 amide bonds. The van der Waals surface area contributed by atoms with Crippen LogP contribution in [-0.4, -0.2) is 60.2 Å². The second kappa shape index (κ2) is 9.13. The van der Waals surface area contributed by atoms with Gasteiger partial charge >= 0.3 is 0 Å². The zero-order valence-electron chi connectivity index (χ0n) is 16.4. The minimum absolute atomic E-state index is 0.0530. The summed E-state index contributed by atoms with van der Waals surface area (Å²) in [6.45, 7) is 13.3. The van der Waals surface area contributed by atoms with Crippen molar-refractivity contribution in [3.05, 3.63) is 12.7 Å². The Kier molecular flexibility index (Phi) is 7.15. The second-order valence-electron chi connectivity index (χ2n) is 8.41. The molecular weight excluding hydrogens is 336 g/mol. The van der Waals surface area contributed by atoms with E-state index in [4.69, 9.17) is 9.47 Å². The van der Waals surface area contributed by atoms with Crippen molar-refractivity contribution >= 4 is 0 Å². The highest BCUT2D eigenvalue weighted by molar-refractivity contribution is 4.69. The van der Waals surface area contributed by atoms with Crippen LogP contribution in [0.1, 0.15) is 53.7 Å². The minimum atomic E-state index is -0.190. The molecule has 26 heavy (non-hydrogen) atoms. The molecule has 2 aromatic rings. The molecule has 0 aliphatic rings. The Morgan fingerprint density at radius 3 is 2.27 bits per heavy atom. The van der Waals surface area contributed by atoms with Gasteiger partial charge in [-0.1, -0.05) is 34.6 Å². The first kappa shape index (κ1) is 20.4. The molecule has 10 heteroatoms. The number of tetrazole rings is 2. The number of hydrogen-bond donors (Lipinski definition) is 0. The van der Waals surface area contributed by atoms with Crippen molar-refractivity contribution in [2.75, 3.05) is 19.8 Å².